The second kappa shape index (κ2) is 4.97. The number of alkyl halides is 3. The summed E-state index contributed by atoms with van der Waals surface area (Å²) in [5.74, 6) is 0.0178. The van der Waals surface area contributed by atoms with E-state index in [1.807, 2.05) is 0 Å². The molecule has 0 amide bonds. The van der Waals surface area contributed by atoms with Gasteiger partial charge in [-0.15, -0.1) is 0 Å². The van der Waals surface area contributed by atoms with Gasteiger partial charge in [-0.3, -0.25) is 0 Å². The second-order valence-electron chi connectivity index (χ2n) is 3.38. The van der Waals surface area contributed by atoms with E-state index in [1.165, 1.54) is 18.2 Å². The van der Waals surface area contributed by atoms with Gasteiger partial charge in [-0.05, 0) is 37.9 Å². The smallest absolute Gasteiger partial charge is 0.221 e. The molecule has 0 radical (unpaired) electrons. The van der Waals surface area contributed by atoms with Crippen LogP contribution in [0.15, 0.2) is 39.5 Å². The van der Waals surface area contributed by atoms with Crippen LogP contribution in [-0.4, -0.2) is 9.97 Å². The van der Waals surface area contributed by atoms with Crippen LogP contribution in [0.5, 0.6) is 0 Å². The van der Waals surface area contributed by atoms with E-state index < -0.39 is 11.7 Å². The van der Waals surface area contributed by atoms with Crippen LogP contribution in [-0.2, 0) is 6.18 Å². The number of hydrogen-bond donors (Lipinski definition) is 0. The molecule has 7 heteroatoms. The van der Waals surface area contributed by atoms with E-state index in [-0.39, 0.29) is 11.4 Å². The van der Waals surface area contributed by atoms with Gasteiger partial charge < -0.3 is 0 Å². The zero-order chi connectivity index (χ0) is 13.3. The Balaban J connectivity index is 2.64. The van der Waals surface area contributed by atoms with Gasteiger partial charge in [0.1, 0.15) is 9.21 Å². The first-order valence-electron chi connectivity index (χ1n) is 4.74. The van der Waals surface area contributed by atoms with Gasteiger partial charge in [-0.2, -0.15) is 13.2 Å². The van der Waals surface area contributed by atoms with Gasteiger partial charge in [0.05, 0.1) is 5.56 Å². The van der Waals surface area contributed by atoms with Crippen molar-refractivity contribution in [1.82, 2.24) is 9.97 Å². The summed E-state index contributed by atoms with van der Waals surface area (Å²) in [5.41, 5.74) is -0.804. The molecule has 0 N–H and O–H groups in total. The Labute approximate surface area is 118 Å². The van der Waals surface area contributed by atoms with Crippen molar-refractivity contribution in [1.29, 1.82) is 0 Å². The number of nitrogens with zero attached hydrogens (tertiary/aromatic N) is 2. The average molecular weight is 382 g/mol. The predicted molar refractivity (Wildman–Crippen MR) is 67.9 cm³/mol. The van der Waals surface area contributed by atoms with Gasteiger partial charge in [0.25, 0.3) is 0 Å². The van der Waals surface area contributed by atoms with E-state index in [0.29, 0.717) is 9.21 Å². The second-order valence-corrected chi connectivity index (χ2v) is 5.01. The molecule has 2 rings (SSSR count). The molecular formula is C11H5Br2F3N2. The summed E-state index contributed by atoms with van der Waals surface area (Å²) in [6.45, 7) is 0. The standard InChI is InChI=1S/C11H5Br2F3N2/c12-8-5-9(13)18-10(17-8)6-3-1-2-4-7(6)11(14,15)16/h1-5H. The first kappa shape index (κ1) is 13.5. The van der Waals surface area contributed by atoms with E-state index in [1.54, 1.807) is 6.07 Å². The Bertz CT molecular complexity index is 564. The molecule has 0 atom stereocenters. The minimum atomic E-state index is -4.44. The largest absolute Gasteiger partial charge is 0.417 e. The summed E-state index contributed by atoms with van der Waals surface area (Å²) >= 11 is 6.25. The minimum absolute atomic E-state index is 0.0178. The summed E-state index contributed by atoms with van der Waals surface area (Å²) in [6, 6.07) is 6.76. The number of rotatable bonds is 1. The van der Waals surface area contributed by atoms with Crippen molar-refractivity contribution in [3.63, 3.8) is 0 Å². The molecule has 0 aliphatic carbocycles. The molecule has 0 bridgehead atoms. The monoisotopic (exact) mass is 380 g/mol. The highest BCUT2D eigenvalue weighted by Crippen LogP contribution is 2.36. The highest BCUT2D eigenvalue weighted by Gasteiger charge is 2.34. The summed E-state index contributed by atoms with van der Waals surface area (Å²) in [5, 5.41) is 0. The van der Waals surface area contributed by atoms with Crippen LogP contribution < -0.4 is 0 Å². The van der Waals surface area contributed by atoms with Crippen molar-refractivity contribution < 1.29 is 13.2 Å². The topological polar surface area (TPSA) is 25.8 Å². The fourth-order valence-electron chi connectivity index (χ4n) is 1.44. The van der Waals surface area contributed by atoms with E-state index in [9.17, 15) is 13.2 Å². The lowest BCUT2D eigenvalue weighted by molar-refractivity contribution is -0.137. The van der Waals surface area contributed by atoms with E-state index in [0.717, 1.165) is 6.07 Å². The Morgan fingerprint density at radius 3 is 2.06 bits per heavy atom. The number of halogens is 5. The molecule has 18 heavy (non-hydrogen) atoms. The zero-order valence-electron chi connectivity index (χ0n) is 8.67. The predicted octanol–water partition coefficient (Wildman–Crippen LogP) is 4.69. The third kappa shape index (κ3) is 2.89. The van der Waals surface area contributed by atoms with E-state index >= 15 is 0 Å². The lowest BCUT2D eigenvalue weighted by atomic mass is 10.1. The van der Waals surface area contributed by atoms with Crippen LogP contribution >= 0.6 is 31.9 Å². The molecular weight excluding hydrogens is 377 g/mol. The molecule has 2 aromatic rings. The van der Waals surface area contributed by atoms with Crippen LogP contribution in [0, 0.1) is 0 Å². The van der Waals surface area contributed by atoms with Gasteiger partial charge in [0.15, 0.2) is 5.82 Å². The van der Waals surface area contributed by atoms with Gasteiger partial charge in [-0.25, -0.2) is 9.97 Å². The van der Waals surface area contributed by atoms with E-state index in [4.69, 9.17) is 0 Å². The summed E-state index contributed by atoms with van der Waals surface area (Å²) in [4.78, 5) is 7.91. The van der Waals surface area contributed by atoms with Crippen LogP contribution in [0.3, 0.4) is 0 Å². The molecule has 0 saturated carbocycles. The first-order chi connectivity index (χ1) is 8.38. The quantitative estimate of drug-likeness (QED) is 0.670. The maximum Gasteiger partial charge on any atom is 0.417 e. The Kier molecular flexibility index (Phi) is 3.72. The molecule has 0 unspecified atom stereocenters. The Morgan fingerprint density at radius 1 is 0.944 bits per heavy atom. The lowest BCUT2D eigenvalue weighted by Gasteiger charge is -2.11. The number of aromatic nitrogens is 2. The Morgan fingerprint density at radius 2 is 1.50 bits per heavy atom. The van der Waals surface area contributed by atoms with Crippen molar-refractivity contribution in [2.24, 2.45) is 0 Å². The van der Waals surface area contributed by atoms with Crippen molar-refractivity contribution in [2.45, 2.75) is 6.18 Å². The molecule has 94 valence electrons. The third-order valence-corrected chi connectivity index (χ3v) is 2.95. The molecule has 1 aromatic heterocycles. The molecule has 0 aliphatic heterocycles. The molecule has 2 nitrogen and oxygen atoms in total. The molecule has 1 heterocycles. The lowest BCUT2D eigenvalue weighted by Crippen LogP contribution is -2.08. The van der Waals surface area contributed by atoms with Gasteiger partial charge >= 0.3 is 6.18 Å². The minimum Gasteiger partial charge on any atom is -0.221 e. The average Bonchev–Trinajstić information content (AvgIpc) is 2.26. The van der Waals surface area contributed by atoms with Crippen molar-refractivity contribution in [3.05, 3.63) is 45.1 Å². The highest BCUT2D eigenvalue weighted by atomic mass is 79.9. The van der Waals surface area contributed by atoms with Gasteiger partial charge in [0, 0.05) is 11.6 Å². The Hall–Kier alpha value is -0.950. The van der Waals surface area contributed by atoms with E-state index in [2.05, 4.69) is 41.8 Å². The van der Waals surface area contributed by atoms with Crippen molar-refractivity contribution in [3.8, 4) is 11.4 Å². The fraction of sp³-hybridized carbons (Fsp3) is 0.0909. The van der Waals surface area contributed by atoms with Crippen molar-refractivity contribution in [2.75, 3.05) is 0 Å². The maximum absolute atomic E-state index is 12.9. The van der Waals surface area contributed by atoms with Crippen LogP contribution in [0.1, 0.15) is 5.56 Å². The summed E-state index contributed by atoms with van der Waals surface area (Å²) in [7, 11) is 0. The van der Waals surface area contributed by atoms with Crippen LogP contribution in [0.4, 0.5) is 13.2 Å². The molecule has 0 aliphatic rings. The molecule has 1 aromatic carbocycles. The third-order valence-electron chi connectivity index (χ3n) is 2.14. The van der Waals surface area contributed by atoms with Crippen LogP contribution in [0.2, 0.25) is 0 Å². The normalized spacial score (nSPS) is 11.6. The SMILES string of the molecule is FC(F)(F)c1ccccc1-c1nc(Br)cc(Br)n1. The number of hydrogen-bond acceptors (Lipinski definition) is 2. The summed E-state index contributed by atoms with van der Waals surface area (Å²) in [6.07, 6.45) is -4.44. The molecule has 0 saturated heterocycles. The van der Waals surface area contributed by atoms with Crippen LogP contribution in [0.25, 0.3) is 11.4 Å². The maximum atomic E-state index is 12.9. The molecule has 0 spiro atoms. The summed E-state index contributed by atoms with van der Waals surface area (Å²) < 4.78 is 39.4. The highest BCUT2D eigenvalue weighted by molar-refractivity contribution is 9.11. The van der Waals surface area contributed by atoms with Gasteiger partial charge in [0.2, 0.25) is 0 Å². The number of benzene rings is 1. The van der Waals surface area contributed by atoms with Gasteiger partial charge in [-0.1, -0.05) is 18.2 Å². The molecule has 0 fully saturated rings. The zero-order valence-corrected chi connectivity index (χ0v) is 11.8. The first-order valence-corrected chi connectivity index (χ1v) is 6.33. The fourth-order valence-corrected chi connectivity index (χ4v) is 2.51. The van der Waals surface area contributed by atoms with Crippen molar-refractivity contribution >= 4 is 31.9 Å².